The van der Waals surface area contributed by atoms with E-state index in [0.717, 1.165) is 9.87 Å². The Balaban J connectivity index is 1.70. The zero-order valence-electron chi connectivity index (χ0n) is 16.1. The predicted molar refractivity (Wildman–Crippen MR) is 105 cm³/mol. The van der Waals surface area contributed by atoms with Gasteiger partial charge in [0.2, 0.25) is 15.9 Å². The molecule has 7 nitrogen and oxygen atoms in total. The lowest BCUT2D eigenvalue weighted by molar-refractivity contribution is -0.122. The number of hydrogen-bond acceptors (Lipinski definition) is 5. The molecule has 0 radical (unpaired) electrons. The highest BCUT2D eigenvalue weighted by atomic mass is 32.2. The SMILES string of the molecule is CN(CC(=O)NC(C)(C)c1ccc2c(c1)OCCO2)S(=O)(=O)c1ccccc1. The average molecular weight is 404 g/mol. The molecule has 1 aliphatic rings. The summed E-state index contributed by atoms with van der Waals surface area (Å²) in [5.41, 5.74) is 0.114. The van der Waals surface area contributed by atoms with Crippen molar-refractivity contribution in [2.24, 2.45) is 0 Å². The molecule has 8 heteroatoms. The van der Waals surface area contributed by atoms with Gasteiger partial charge in [-0.2, -0.15) is 4.31 Å². The number of carbonyl (C=O) groups excluding carboxylic acids is 1. The van der Waals surface area contributed by atoms with Gasteiger partial charge in [0.1, 0.15) is 13.2 Å². The standard InChI is InChI=1S/C20H24N2O5S/c1-20(2,15-9-10-17-18(13-15)27-12-11-26-17)21-19(23)14-22(3)28(24,25)16-7-5-4-6-8-16/h4-10,13H,11-12,14H2,1-3H3,(H,21,23). The van der Waals surface area contributed by atoms with Crippen molar-refractivity contribution in [3.8, 4) is 11.5 Å². The number of amides is 1. The Morgan fingerprint density at radius 2 is 1.71 bits per heavy atom. The number of nitrogens with zero attached hydrogens (tertiary/aromatic N) is 1. The fourth-order valence-corrected chi connectivity index (χ4v) is 4.10. The van der Waals surface area contributed by atoms with Gasteiger partial charge in [0.25, 0.3) is 0 Å². The number of fused-ring (bicyclic) bond motifs is 1. The predicted octanol–water partition coefficient (Wildman–Crippen LogP) is 2.13. The quantitative estimate of drug-likeness (QED) is 0.797. The molecule has 3 rings (SSSR count). The fourth-order valence-electron chi connectivity index (χ4n) is 2.95. The van der Waals surface area contributed by atoms with Gasteiger partial charge in [0, 0.05) is 7.05 Å². The lowest BCUT2D eigenvalue weighted by Gasteiger charge is -2.29. The second-order valence-corrected chi connectivity index (χ2v) is 9.15. The Morgan fingerprint density at radius 1 is 1.07 bits per heavy atom. The van der Waals surface area contributed by atoms with Crippen LogP contribution in [0, 0.1) is 0 Å². The largest absolute Gasteiger partial charge is 0.486 e. The number of hydrogen-bond donors (Lipinski definition) is 1. The van der Waals surface area contributed by atoms with E-state index < -0.39 is 21.5 Å². The summed E-state index contributed by atoms with van der Waals surface area (Å²) in [6.07, 6.45) is 0. The van der Waals surface area contributed by atoms with E-state index in [1.165, 1.54) is 19.2 Å². The molecule has 0 atom stereocenters. The third-order valence-corrected chi connectivity index (χ3v) is 6.35. The molecule has 0 aliphatic carbocycles. The van der Waals surface area contributed by atoms with Gasteiger partial charge in [-0.3, -0.25) is 4.79 Å². The van der Waals surface area contributed by atoms with Gasteiger partial charge in [0.05, 0.1) is 17.0 Å². The van der Waals surface area contributed by atoms with Gasteiger partial charge in [-0.05, 0) is 43.7 Å². The number of rotatable bonds is 6. The number of sulfonamides is 1. The topological polar surface area (TPSA) is 84.9 Å². The molecule has 0 fully saturated rings. The maximum atomic E-state index is 12.6. The van der Waals surface area contributed by atoms with Crippen molar-refractivity contribution in [1.29, 1.82) is 0 Å². The van der Waals surface area contributed by atoms with Gasteiger partial charge in [-0.25, -0.2) is 8.42 Å². The molecule has 0 unspecified atom stereocenters. The first-order valence-electron chi connectivity index (χ1n) is 8.93. The summed E-state index contributed by atoms with van der Waals surface area (Å²) in [5.74, 6) is 0.905. The first-order chi connectivity index (χ1) is 13.2. The third kappa shape index (κ3) is 4.28. The Kier molecular flexibility index (Phi) is 5.62. The van der Waals surface area contributed by atoms with Crippen LogP contribution in [0.25, 0.3) is 0 Å². The summed E-state index contributed by atoms with van der Waals surface area (Å²) in [5, 5.41) is 2.89. The minimum Gasteiger partial charge on any atom is -0.486 e. The molecule has 28 heavy (non-hydrogen) atoms. The van der Waals surface area contributed by atoms with Crippen molar-refractivity contribution in [2.75, 3.05) is 26.8 Å². The van der Waals surface area contributed by atoms with Crippen molar-refractivity contribution in [3.05, 3.63) is 54.1 Å². The van der Waals surface area contributed by atoms with E-state index in [0.29, 0.717) is 24.7 Å². The molecule has 1 aliphatic heterocycles. The number of carbonyl (C=O) groups is 1. The number of benzene rings is 2. The minimum absolute atomic E-state index is 0.149. The van der Waals surface area contributed by atoms with Crippen molar-refractivity contribution in [3.63, 3.8) is 0 Å². The molecule has 150 valence electrons. The van der Waals surface area contributed by atoms with Crippen LogP contribution in [0.4, 0.5) is 0 Å². The third-order valence-electron chi connectivity index (χ3n) is 4.53. The maximum Gasteiger partial charge on any atom is 0.243 e. The van der Waals surface area contributed by atoms with Crippen LogP contribution in [-0.4, -0.2) is 45.4 Å². The Morgan fingerprint density at radius 3 is 2.39 bits per heavy atom. The average Bonchev–Trinajstić information content (AvgIpc) is 2.67. The van der Waals surface area contributed by atoms with E-state index in [9.17, 15) is 13.2 Å². The zero-order valence-corrected chi connectivity index (χ0v) is 17.0. The van der Waals surface area contributed by atoms with Crippen molar-refractivity contribution >= 4 is 15.9 Å². The Hall–Kier alpha value is -2.58. The van der Waals surface area contributed by atoms with Crippen LogP contribution in [0.15, 0.2) is 53.4 Å². The van der Waals surface area contributed by atoms with Crippen LogP contribution in [0.2, 0.25) is 0 Å². The number of likely N-dealkylation sites (N-methyl/N-ethyl adjacent to an activating group) is 1. The van der Waals surface area contributed by atoms with E-state index in [4.69, 9.17) is 9.47 Å². The van der Waals surface area contributed by atoms with Crippen molar-refractivity contribution in [2.45, 2.75) is 24.3 Å². The van der Waals surface area contributed by atoms with Gasteiger partial charge in [-0.15, -0.1) is 0 Å². The van der Waals surface area contributed by atoms with Gasteiger partial charge < -0.3 is 14.8 Å². The molecule has 0 spiro atoms. The first kappa shape index (κ1) is 20.2. The highest BCUT2D eigenvalue weighted by Crippen LogP contribution is 2.34. The minimum atomic E-state index is -3.73. The van der Waals surface area contributed by atoms with Crippen LogP contribution in [0.1, 0.15) is 19.4 Å². The summed E-state index contributed by atoms with van der Waals surface area (Å²) < 4.78 is 37.3. The number of ether oxygens (including phenoxy) is 2. The van der Waals surface area contributed by atoms with E-state index in [2.05, 4.69) is 5.32 Å². The number of nitrogens with one attached hydrogen (secondary N) is 1. The van der Waals surface area contributed by atoms with E-state index in [-0.39, 0.29) is 11.4 Å². The maximum absolute atomic E-state index is 12.6. The molecule has 1 N–H and O–H groups in total. The summed E-state index contributed by atoms with van der Waals surface area (Å²) in [6, 6.07) is 13.5. The Labute approximate surface area is 165 Å². The molecular weight excluding hydrogens is 380 g/mol. The molecule has 0 aromatic heterocycles. The molecule has 0 bridgehead atoms. The van der Waals surface area contributed by atoms with Gasteiger partial charge in [0.15, 0.2) is 11.5 Å². The van der Waals surface area contributed by atoms with E-state index in [1.807, 2.05) is 32.0 Å². The molecule has 1 heterocycles. The second kappa shape index (κ2) is 7.81. The Bertz CT molecular complexity index is 958. The molecule has 0 saturated heterocycles. The molecular formula is C20H24N2O5S. The summed E-state index contributed by atoms with van der Waals surface area (Å²) in [6.45, 7) is 4.40. The van der Waals surface area contributed by atoms with E-state index in [1.54, 1.807) is 18.2 Å². The molecule has 1 amide bonds. The van der Waals surface area contributed by atoms with E-state index >= 15 is 0 Å². The molecule has 2 aromatic rings. The van der Waals surface area contributed by atoms with Gasteiger partial charge >= 0.3 is 0 Å². The lowest BCUT2D eigenvalue weighted by atomic mass is 9.93. The van der Waals surface area contributed by atoms with Crippen molar-refractivity contribution < 1.29 is 22.7 Å². The highest BCUT2D eigenvalue weighted by Gasteiger charge is 2.28. The first-order valence-corrected chi connectivity index (χ1v) is 10.4. The van der Waals surface area contributed by atoms with Gasteiger partial charge in [-0.1, -0.05) is 24.3 Å². The fraction of sp³-hybridized carbons (Fsp3) is 0.350. The second-order valence-electron chi connectivity index (χ2n) is 7.11. The summed E-state index contributed by atoms with van der Waals surface area (Å²) >= 11 is 0. The normalized spacial score (nSPS) is 14.0. The monoisotopic (exact) mass is 404 g/mol. The smallest absolute Gasteiger partial charge is 0.243 e. The van der Waals surface area contributed by atoms with Crippen LogP contribution in [0.3, 0.4) is 0 Å². The lowest BCUT2D eigenvalue weighted by Crippen LogP contribution is -2.46. The molecule has 2 aromatic carbocycles. The van der Waals surface area contributed by atoms with Crippen LogP contribution in [0.5, 0.6) is 11.5 Å². The highest BCUT2D eigenvalue weighted by molar-refractivity contribution is 7.89. The van der Waals surface area contributed by atoms with Crippen molar-refractivity contribution in [1.82, 2.24) is 9.62 Å². The van der Waals surface area contributed by atoms with Crippen LogP contribution < -0.4 is 14.8 Å². The summed E-state index contributed by atoms with van der Waals surface area (Å²) in [7, 11) is -2.34. The van der Waals surface area contributed by atoms with Crippen LogP contribution >= 0.6 is 0 Å². The van der Waals surface area contributed by atoms with Crippen LogP contribution in [-0.2, 0) is 20.4 Å². The zero-order chi connectivity index (χ0) is 20.4. The summed E-state index contributed by atoms with van der Waals surface area (Å²) in [4.78, 5) is 12.7. The molecule has 0 saturated carbocycles.